The molecule has 6 nitrogen and oxygen atoms in total. The fourth-order valence-electron chi connectivity index (χ4n) is 1.74. The highest BCUT2D eigenvalue weighted by molar-refractivity contribution is 7.09. The van der Waals surface area contributed by atoms with E-state index >= 15 is 0 Å². The third-order valence-electron chi connectivity index (χ3n) is 2.92. The summed E-state index contributed by atoms with van der Waals surface area (Å²) in [5, 5.41) is 14.1. The number of thiazole rings is 1. The van der Waals surface area contributed by atoms with Crippen LogP contribution in [0.1, 0.15) is 22.4 Å². The van der Waals surface area contributed by atoms with E-state index < -0.39 is 12.1 Å². The molecule has 122 valence electrons. The predicted octanol–water partition coefficient (Wildman–Crippen LogP) is 2.62. The number of nitrogens with one attached hydrogen (secondary N) is 1. The number of carboxylic acids is 1. The van der Waals surface area contributed by atoms with Crippen LogP contribution in [0.4, 0.5) is 0 Å². The Hall–Kier alpha value is -2.12. The van der Waals surface area contributed by atoms with Crippen LogP contribution in [-0.2, 0) is 11.2 Å². The van der Waals surface area contributed by atoms with Crippen molar-refractivity contribution in [3.05, 3.63) is 45.4 Å². The number of carbonyl (C=O) groups excluding carboxylic acids is 1. The van der Waals surface area contributed by atoms with Gasteiger partial charge in [-0.05, 0) is 19.1 Å². The zero-order chi connectivity index (χ0) is 16.8. The molecule has 0 spiro atoms. The van der Waals surface area contributed by atoms with Gasteiger partial charge in [-0.1, -0.05) is 23.7 Å². The molecule has 0 aliphatic heterocycles. The minimum atomic E-state index is -1.06. The first-order valence-electron chi connectivity index (χ1n) is 6.84. The SMILES string of the molecule is CC(Oc1ccccc1Cl)C(=O)NCCc1nc(C(=O)O)cs1. The average Bonchev–Trinajstić information content (AvgIpc) is 2.98. The molecule has 0 aliphatic rings. The first-order valence-corrected chi connectivity index (χ1v) is 8.09. The van der Waals surface area contributed by atoms with Crippen LogP contribution in [0.3, 0.4) is 0 Å². The van der Waals surface area contributed by atoms with Crippen molar-refractivity contribution in [2.24, 2.45) is 0 Å². The molecule has 0 bridgehead atoms. The highest BCUT2D eigenvalue weighted by atomic mass is 35.5. The molecule has 0 radical (unpaired) electrons. The van der Waals surface area contributed by atoms with Gasteiger partial charge in [0.2, 0.25) is 0 Å². The Labute approximate surface area is 142 Å². The number of halogens is 1. The predicted molar refractivity (Wildman–Crippen MR) is 87.3 cm³/mol. The molecule has 2 N–H and O–H groups in total. The summed E-state index contributed by atoms with van der Waals surface area (Å²) in [5.41, 5.74) is 0.0201. The van der Waals surface area contributed by atoms with Crippen molar-refractivity contribution in [2.75, 3.05) is 6.54 Å². The first kappa shape index (κ1) is 17.2. The van der Waals surface area contributed by atoms with Gasteiger partial charge >= 0.3 is 5.97 Å². The number of aromatic nitrogens is 1. The van der Waals surface area contributed by atoms with E-state index in [1.54, 1.807) is 31.2 Å². The molecule has 1 aromatic carbocycles. The Morgan fingerprint density at radius 2 is 2.17 bits per heavy atom. The summed E-state index contributed by atoms with van der Waals surface area (Å²) >= 11 is 7.22. The van der Waals surface area contributed by atoms with E-state index in [1.165, 1.54) is 16.7 Å². The van der Waals surface area contributed by atoms with Crippen LogP contribution >= 0.6 is 22.9 Å². The summed E-state index contributed by atoms with van der Waals surface area (Å²) in [6, 6.07) is 6.92. The summed E-state index contributed by atoms with van der Waals surface area (Å²) < 4.78 is 5.51. The molecule has 0 saturated carbocycles. The van der Waals surface area contributed by atoms with Crippen LogP contribution in [0.2, 0.25) is 5.02 Å². The monoisotopic (exact) mass is 354 g/mol. The van der Waals surface area contributed by atoms with Gasteiger partial charge in [0, 0.05) is 18.3 Å². The molecule has 1 amide bonds. The summed E-state index contributed by atoms with van der Waals surface area (Å²) in [5.74, 6) is -0.888. The second-order valence-corrected chi connectivity index (χ2v) is 6.01. The number of para-hydroxylation sites is 1. The second kappa shape index (κ2) is 7.94. The van der Waals surface area contributed by atoms with Crippen LogP contribution in [0.25, 0.3) is 0 Å². The Balaban J connectivity index is 1.79. The van der Waals surface area contributed by atoms with Crippen LogP contribution in [0, 0.1) is 0 Å². The normalized spacial score (nSPS) is 11.7. The fourth-order valence-corrected chi connectivity index (χ4v) is 2.70. The zero-order valence-corrected chi connectivity index (χ0v) is 13.9. The van der Waals surface area contributed by atoms with Crippen LogP contribution in [0.5, 0.6) is 5.75 Å². The van der Waals surface area contributed by atoms with Gasteiger partial charge in [-0.25, -0.2) is 9.78 Å². The van der Waals surface area contributed by atoms with Gasteiger partial charge in [0.05, 0.1) is 10.0 Å². The maximum atomic E-state index is 12.0. The highest BCUT2D eigenvalue weighted by Crippen LogP contribution is 2.24. The largest absolute Gasteiger partial charge is 0.479 e. The maximum absolute atomic E-state index is 12.0. The molecule has 1 atom stereocenters. The lowest BCUT2D eigenvalue weighted by Gasteiger charge is -2.15. The second-order valence-electron chi connectivity index (χ2n) is 4.66. The summed E-state index contributed by atoms with van der Waals surface area (Å²) in [7, 11) is 0. The van der Waals surface area contributed by atoms with Gasteiger partial charge < -0.3 is 15.2 Å². The van der Waals surface area contributed by atoms with Crippen molar-refractivity contribution in [2.45, 2.75) is 19.4 Å². The highest BCUT2D eigenvalue weighted by Gasteiger charge is 2.16. The number of carboxylic acid groups (broad SMARTS) is 1. The van der Waals surface area contributed by atoms with Crippen LogP contribution in [0.15, 0.2) is 29.6 Å². The minimum absolute atomic E-state index is 0.0201. The Morgan fingerprint density at radius 1 is 1.43 bits per heavy atom. The molecule has 1 unspecified atom stereocenters. The molecule has 0 aliphatic carbocycles. The summed E-state index contributed by atoms with van der Waals surface area (Å²) in [6.07, 6.45) is -0.233. The van der Waals surface area contributed by atoms with E-state index in [9.17, 15) is 9.59 Å². The van der Waals surface area contributed by atoms with Crippen molar-refractivity contribution in [3.63, 3.8) is 0 Å². The lowest BCUT2D eigenvalue weighted by Crippen LogP contribution is -2.37. The van der Waals surface area contributed by atoms with Gasteiger partial charge in [0.1, 0.15) is 5.75 Å². The minimum Gasteiger partial charge on any atom is -0.479 e. The third kappa shape index (κ3) is 4.94. The van der Waals surface area contributed by atoms with Crippen molar-refractivity contribution >= 4 is 34.8 Å². The van der Waals surface area contributed by atoms with Gasteiger partial charge in [0.15, 0.2) is 11.8 Å². The molecular weight excluding hydrogens is 340 g/mol. The molecule has 23 heavy (non-hydrogen) atoms. The zero-order valence-electron chi connectivity index (χ0n) is 12.3. The quantitative estimate of drug-likeness (QED) is 0.797. The van der Waals surface area contributed by atoms with Crippen LogP contribution in [-0.4, -0.2) is 34.6 Å². The Morgan fingerprint density at radius 3 is 2.83 bits per heavy atom. The van der Waals surface area contributed by atoms with E-state index in [-0.39, 0.29) is 11.6 Å². The molecular formula is C15H15ClN2O4S. The fraction of sp³-hybridized carbons (Fsp3) is 0.267. The smallest absolute Gasteiger partial charge is 0.355 e. The molecule has 8 heteroatoms. The molecule has 0 saturated heterocycles. The summed E-state index contributed by atoms with van der Waals surface area (Å²) in [6.45, 7) is 1.98. The molecule has 2 rings (SSSR count). The van der Waals surface area contributed by atoms with Crippen molar-refractivity contribution < 1.29 is 19.4 Å². The maximum Gasteiger partial charge on any atom is 0.355 e. The van der Waals surface area contributed by atoms with E-state index in [0.29, 0.717) is 28.7 Å². The van der Waals surface area contributed by atoms with Gasteiger partial charge in [-0.2, -0.15) is 0 Å². The third-order valence-corrected chi connectivity index (χ3v) is 4.14. The van der Waals surface area contributed by atoms with Crippen molar-refractivity contribution in [1.29, 1.82) is 0 Å². The number of hydrogen-bond donors (Lipinski definition) is 2. The molecule has 0 fully saturated rings. The first-order chi connectivity index (χ1) is 11.0. The number of aromatic carboxylic acids is 1. The van der Waals surface area contributed by atoms with E-state index in [4.69, 9.17) is 21.4 Å². The van der Waals surface area contributed by atoms with Crippen molar-refractivity contribution in [3.8, 4) is 5.75 Å². The number of rotatable bonds is 7. The van der Waals surface area contributed by atoms with Gasteiger partial charge in [-0.3, -0.25) is 4.79 Å². The molecule has 1 heterocycles. The number of carbonyl (C=O) groups is 2. The standard InChI is InChI=1S/C15H15ClN2O4S/c1-9(22-12-5-3-2-4-10(12)16)14(19)17-7-6-13-18-11(8-23-13)15(20)21/h2-5,8-9H,6-7H2,1H3,(H,17,19)(H,20,21). The number of benzene rings is 1. The average molecular weight is 355 g/mol. The van der Waals surface area contributed by atoms with Crippen molar-refractivity contribution in [1.82, 2.24) is 10.3 Å². The van der Waals surface area contributed by atoms with Gasteiger partial charge in [0.25, 0.3) is 5.91 Å². The Bertz CT molecular complexity index is 704. The molecule has 2 aromatic rings. The number of amides is 1. The summed E-state index contributed by atoms with van der Waals surface area (Å²) in [4.78, 5) is 26.7. The Kier molecular flexibility index (Phi) is 5.95. The van der Waals surface area contributed by atoms with E-state index in [0.717, 1.165) is 0 Å². The number of hydrogen-bond acceptors (Lipinski definition) is 5. The van der Waals surface area contributed by atoms with E-state index in [2.05, 4.69) is 10.3 Å². The van der Waals surface area contributed by atoms with Gasteiger partial charge in [-0.15, -0.1) is 11.3 Å². The lowest BCUT2D eigenvalue weighted by molar-refractivity contribution is -0.127. The number of ether oxygens (including phenoxy) is 1. The van der Waals surface area contributed by atoms with Crippen LogP contribution < -0.4 is 10.1 Å². The molecule has 1 aromatic heterocycles. The lowest BCUT2D eigenvalue weighted by atomic mass is 10.3. The number of nitrogens with zero attached hydrogens (tertiary/aromatic N) is 1. The topological polar surface area (TPSA) is 88.5 Å². The van der Waals surface area contributed by atoms with E-state index in [1.807, 2.05) is 0 Å².